The molecule has 0 aliphatic carbocycles. The Hall–Kier alpha value is -0.340. The molecule has 0 aliphatic heterocycles. The smallest absolute Gasteiger partial charge is 0.241 e. The number of rotatable bonds is 5. The molecule has 0 heterocycles. The number of likely N-dealkylation sites (N-methyl/N-ethyl adjacent to an activating group) is 1. The lowest BCUT2D eigenvalue weighted by Crippen LogP contribution is -2.38. The van der Waals surface area contributed by atoms with E-state index in [0.29, 0.717) is 11.0 Å². The minimum Gasteiger partial charge on any atom is -0.398 e. The third-order valence-electron chi connectivity index (χ3n) is 2.77. The van der Waals surface area contributed by atoms with Gasteiger partial charge in [0, 0.05) is 23.3 Å². The molecular weight excluding hydrogens is 354 g/mol. The molecule has 1 aromatic carbocycles. The van der Waals surface area contributed by atoms with Crippen molar-refractivity contribution in [1.29, 1.82) is 0 Å². The fraction of sp³-hybridized carbons (Fsp3) is 0.455. The molecule has 1 atom stereocenters. The van der Waals surface area contributed by atoms with Crippen molar-refractivity contribution in [2.45, 2.75) is 17.9 Å². The van der Waals surface area contributed by atoms with E-state index >= 15 is 0 Å². The zero-order valence-electron chi connectivity index (χ0n) is 10.9. The van der Waals surface area contributed by atoms with Crippen molar-refractivity contribution in [3.63, 3.8) is 0 Å². The molecule has 1 unspecified atom stereocenters. The number of sulfonamides is 1. The molecule has 0 saturated carbocycles. The largest absolute Gasteiger partial charge is 0.398 e. The van der Waals surface area contributed by atoms with E-state index < -0.39 is 10.0 Å². The van der Waals surface area contributed by atoms with Gasteiger partial charge in [-0.15, -0.1) is 0 Å². The average Bonchev–Trinajstić information content (AvgIpc) is 2.30. The summed E-state index contributed by atoms with van der Waals surface area (Å²) in [5.41, 5.74) is 5.98. The van der Waals surface area contributed by atoms with Crippen LogP contribution in [0.4, 0.5) is 5.69 Å². The number of nitrogens with one attached hydrogen (secondary N) is 1. The summed E-state index contributed by atoms with van der Waals surface area (Å²) < 4.78 is 27.3. The van der Waals surface area contributed by atoms with E-state index in [4.69, 9.17) is 17.3 Å². The van der Waals surface area contributed by atoms with Crippen molar-refractivity contribution in [1.82, 2.24) is 9.62 Å². The second-order valence-corrected chi connectivity index (χ2v) is 7.44. The van der Waals surface area contributed by atoms with Crippen molar-refractivity contribution in [2.75, 3.05) is 26.4 Å². The van der Waals surface area contributed by atoms with Crippen molar-refractivity contribution in [3.8, 4) is 0 Å². The van der Waals surface area contributed by atoms with Crippen LogP contribution >= 0.6 is 27.5 Å². The molecule has 19 heavy (non-hydrogen) atoms. The molecule has 8 heteroatoms. The Morgan fingerprint density at radius 3 is 2.58 bits per heavy atom. The molecule has 0 saturated heterocycles. The summed E-state index contributed by atoms with van der Waals surface area (Å²) in [5.74, 6) is 0. The quantitative estimate of drug-likeness (QED) is 0.776. The molecule has 1 aromatic rings. The fourth-order valence-corrected chi connectivity index (χ4v) is 3.68. The first-order valence-corrected chi connectivity index (χ1v) is 8.21. The number of hydrogen-bond acceptors (Lipinski definition) is 4. The van der Waals surface area contributed by atoms with Gasteiger partial charge in [-0.3, -0.25) is 0 Å². The average molecular weight is 371 g/mol. The molecule has 0 fully saturated rings. The van der Waals surface area contributed by atoms with E-state index in [9.17, 15) is 8.42 Å². The predicted octanol–water partition coefficient (Wildman–Crippen LogP) is 1.91. The molecule has 0 spiro atoms. The zero-order chi connectivity index (χ0) is 14.8. The van der Waals surface area contributed by atoms with E-state index in [1.165, 1.54) is 12.1 Å². The Bertz CT molecular complexity index is 563. The van der Waals surface area contributed by atoms with Crippen LogP contribution in [0, 0.1) is 0 Å². The van der Waals surface area contributed by atoms with Gasteiger partial charge in [0.2, 0.25) is 10.0 Å². The molecule has 1 rings (SSSR count). The minimum absolute atomic E-state index is 0.0449. The predicted molar refractivity (Wildman–Crippen MR) is 81.9 cm³/mol. The highest BCUT2D eigenvalue weighted by Gasteiger charge is 2.21. The Morgan fingerprint density at radius 1 is 1.47 bits per heavy atom. The molecule has 108 valence electrons. The lowest BCUT2D eigenvalue weighted by atomic mass is 10.3. The van der Waals surface area contributed by atoms with Crippen molar-refractivity contribution >= 4 is 43.2 Å². The van der Waals surface area contributed by atoms with Gasteiger partial charge in [-0.1, -0.05) is 11.6 Å². The first-order valence-electron chi connectivity index (χ1n) is 5.55. The number of nitrogens with two attached hydrogens (primary N) is 1. The van der Waals surface area contributed by atoms with Crippen molar-refractivity contribution < 1.29 is 8.42 Å². The normalized spacial score (nSPS) is 13.8. The van der Waals surface area contributed by atoms with Gasteiger partial charge in [0.15, 0.2) is 0 Å². The topological polar surface area (TPSA) is 75.4 Å². The second-order valence-electron chi connectivity index (χ2n) is 4.47. The summed E-state index contributed by atoms with van der Waals surface area (Å²) in [6, 6.07) is 2.93. The Balaban J connectivity index is 3.01. The van der Waals surface area contributed by atoms with Crippen LogP contribution in [0.5, 0.6) is 0 Å². The maximum absolute atomic E-state index is 12.2. The molecule has 0 bridgehead atoms. The molecule has 3 N–H and O–H groups in total. The molecule has 5 nitrogen and oxygen atoms in total. The summed E-state index contributed by atoms with van der Waals surface area (Å²) in [7, 11) is 0.110. The van der Waals surface area contributed by atoms with Crippen LogP contribution in [0.3, 0.4) is 0 Å². The summed E-state index contributed by atoms with van der Waals surface area (Å²) in [6.45, 7) is 2.22. The van der Waals surface area contributed by atoms with Crippen LogP contribution in [0.15, 0.2) is 21.5 Å². The van der Waals surface area contributed by atoms with Crippen LogP contribution in [-0.2, 0) is 10.0 Å². The maximum atomic E-state index is 12.2. The molecular formula is C11H17BrClN3O2S. The van der Waals surface area contributed by atoms with E-state index in [1.54, 1.807) is 0 Å². The second kappa shape index (κ2) is 6.41. The van der Waals surface area contributed by atoms with Crippen molar-refractivity contribution in [3.05, 3.63) is 21.6 Å². The van der Waals surface area contributed by atoms with E-state index in [2.05, 4.69) is 20.7 Å². The molecule has 0 aromatic heterocycles. The van der Waals surface area contributed by atoms with Gasteiger partial charge in [0.25, 0.3) is 0 Å². The molecule has 0 amide bonds. The third kappa shape index (κ3) is 4.32. The highest BCUT2D eigenvalue weighted by molar-refractivity contribution is 9.10. The first-order chi connectivity index (χ1) is 8.65. The van der Waals surface area contributed by atoms with E-state index in [-0.39, 0.29) is 21.6 Å². The fourth-order valence-electron chi connectivity index (χ4n) is 1.27. The van der Waals surface area contributed by atoms with E-state index in [1.807, 2.05) is 25.9 Å². The number of anilines is 1. The molecule has 0 radical (unpaired) electrons. The van der Waals surface area contributed by atoms with E-state index in [0.717, 1.165) is 0 Å². The number of benzene rings is 1. The highest BCUT2D eigenvalue weighted by atomic mass is 79.9. The minimum atomic E-state index is -3.65. The summed E-state index contributed by atoms with van der Waals surface area (Å²) >= 11 is 9.01. The van der Waals surface area contributed by atoms with Gasteiger partial charge < -0.3 is 10.6 Å². The number of halogens is 2. The van der Waals surface area contributed by atoms with Crippen LogP contribution in [-0.4, -0.2) is 40.0 Å². The monoisotopic (exact) mass is 369 g/mol. The Morgan fingerprint density at radius 2 is 2.05 bits per heavy atom. The lowest BCUT2D eigenvalue weighted by Gasteiger charge is -2.20. The zero-order valence-corrected chi connectivity index (χ0v) is 14.1. The van der Waals surface area contributed by atoms with Crippen molar-refractivity contribution in [2.24, 2.45) is 0 Å². The summed E-state index contributed by atoms with van der Waals surface area (Å²) in [5, 5.41) is 0.279. The van der Waals surface area contributed by atoms with Gasteiger partial charge in [-0.05, 0) is 49.1 Å². The standard InChI is InChI=1S/C11H17BrClN3O2S/c1-7(16(2)3)6-15-19(17,18)10-5-8(13)4-9(14)11(10)12/h4-5,7,15H,6,14H2,1-3H3. The third-order valence-corrected chi connectivity index (χ3v) is 5.59. The van der Waals surface area contributed by atoms with Gasteiger partial charge >= 0.3 is 0 Å². The van der Waals surface area contributed by atoms with Crippen LogP contribution in [0.1, 0.15) is 6.92 Å². The highest BCUT2D eigenvalue weighted by Crippen LogP contribution is 2.31. The lowest BCUT2D eigenvalue weighted by molar-refractivity contribution is 0.314. The number of nitrogens with zero attached hydrogens (tertiary/aromatic N) is 1. The van der Waals surface area contributed by atoms with Crippen LogP contribution in [0.25, 0.3) is 0 Å². The van der Waals surface area contributed by atoms with Gasteiger partial charge in [-0.2, -0.15) is 0 Å². The number of hydrogen-bond donors (Lipinski definition) is 2. The van der Waals surface area contributed by atoms with Crippen LogP contribution < -0.4 is 10.5 Å². The van der Waals surface area contributed by atoms with Gasteiger partial charge in [0.05, 0.1) is 9.37 Å². The summed E-state index contributed by atoms with van der Waals surface area (Å²) in [4.78, 5) is 1.97. The number of nitrogen functional groups attached to an aromatic ring is 1. The van der Waals surface area contributed by atoms with Crippen LogP contribution in [0.2, 0.25) is 5.02 Å². The first kappa shape index (κ1) is 16.7. The Labute approximate surface area is 127 Å². The van der Waals surface area contributed by atoms with Gasteiger partial charge in [-0.25, -0.2) is 13.1 Å². The Kier molecular flexibility index (Phi) is 5.64. The molecule has 0 aliphatic rings. The summed E-state index contributed by atoms with van der Waals surface area (Å²) in [6.07, 6.45) is 0. The van der Waals surface area contributed by atoms with Gasteiger partial charge in [0.1, 0.15) is 0 Å². The SMILES string of the molecule is CC(CNS(=O)(=O)c1cc(Cl)cc(N)c1Br)N(C)C. The maximum Gasteiger partial charge on any atom is 0.241 e.